The van der Waals surface area contributed by atoms with Crippen molar-refractivity contribution < 1.29 is 14.1 Å². The van der Waals surface area contributed by atoms with Crippen molar-refractivity contribution in [1.82, 2.24) is 9.55 Å². The number of aromatic nitrogens is 2. The predicted octanol–water partition coefficient (Wildman–Crippen LogP) is 3.84. The Kier molecular flexibility index (Phi) is 5.17. The van der Waals surface area contributed by atoms with Crippen LogP contribution in [0.5, 0.6) is 5.75 Å². The smallest absolute Gasteiger partial charge is 0.274 e. The fourth-order valence-electron chi connectivity index (χ4n) is 4.74. The minimum absolute atomic E-state index is 0.00111. The maximum atomic E-state index is 13.4. The number of aliphatic hydroxyl groups is 1. The normalized spacial score (nSPS) is 28.0. The van der Waals surface area contributed by atoms with Crippen molar-refractivity contribution in [3.63, 3.8) is 0 Å². The van der Waals surface area contributed by atoms with E-state index < -0.39 is 15.3 Å². The summed E-state index contributed by atoms with van der Waals surface area (Å²) < 4.78 is 25.8. The van der Waals surface area contributed by atoms with E-state index in [4.69, 9.17) is 4.74 Å². The van der Waals surface area contributed by atoms with E-state index in [9.17, 15) is 14.1 Å². The summed E-state index contributed by atoms with van der Waals surface area (Å²) in [5.41, 5.74) is 1.46. The van der Waals surface area contributed by atoms with Crippen LogP contribution in [0.4, 0.5) is 0 Å². The third kappa shape index (κ3) is 3.75. The molecule has 1 unspecified atom stereocenters. The highest BCUT2D eigenvalue weighted by molar-refractivity contribution is 7.93. The van der Waals surface area contributed by atoms with E-state index >= 15 is 0 Å². The number of nitrogens with zero attached hydrogens (tertiary/aromatic N) is 2. The predicted molar refractivity (Wildman–Crippen MR) is 126 cm³/mol. The first-order chi connectivity index (χ1) is 15.3. The van der Waals surface area contributed by atoms with Crippen LogP contribution in [-0.2, 0) is 16.8 Å². The van der Waals surface area contributed by atoms with Gasteiger partial charge in [0.1, 0.15) is 11.3 Å². The Morgan fingerprint density at radius 2 is 2.03 bits per heavy atom. The highest BCUT2D eigenvalue weighted by Gasteiger charge is 2.30. The molecule has 0 spiro atoms. The number of benzene rings is 1. The highest BCUT2D eigenvalue weighted by Crippen LogP contribution is 2.39. The second-order valence-corrected chi connectivity index (χ2v) is 11.7. The quantitative estimate of drug-likeness (QED) is 0.625. The second kappa shape index (κ2) is 7.78. The van der Waals surface area contributed by atoms with Crippen LogP contribution < -0.4 is 10.3 Å². The zero-order valence-electron chi connectivity index (χ0n) is 18.5. The minimum Gasteiger partial charge on any atom is -0.490 e. The van der Waals surface area contributed by atoms with Crippen LogP contribution >= 0.6 is 0 Å². The molecule has 8 heteroatoms. The maximum Gasteiger partial charge on any atom is 0.274 e. The van der Waals surface area contributed by atoms with E-state index in [2.05, 4.69) is 9.35 Å². The summed E-state index contributed by atoms with van der Waals surface area (Å²) in [7, 11) is -0.698. The number of H-pyrrole nitrogens is 1. The first kappa shape index (κ1) is 21.3. The van der Waals surface area contributed by atoms with Crippen molar-refractivity contribution in [2.24, 2.45) is 11.4 Å². The average Bonchev–Trinajstić information content (AvgIpc) is 3.43. The van der Waals surface area contributed by atoms with Gasteiger partial charge in [0.15, 0.2) is 0 Å². The summed E-state index contributed by atoms with van der Waals surface area (Å²) in [4.78, 5) is 16.3. The van der Waals surface area contributed by atoms with E-state index in [0.29, 0.717) is 41.3 Å². The lowest BCUT2D eigenvalue weighted by molar-refractivity contribution is -0.0107. The number of nitrogens with one attached hydrogen (secondary N) is 1. The summed E-state index contributed by atoms with van der Waals surface area (Å²) in [5, 5.41) is 11.1. The summed E-state index contributed by atoms with van der Waals surface area (Å²) >= 11 is 0. The lowest BCUT2D eigenvalue weighted by Crippen LogP contribution is -2.34. The Morgan fingerprint density at radius 1 is 1.25 bits per heavy atom. The fourth-order valence-corrected chi connectivity index (χ4v) is 6.79. The molecule has 1 aromatic carbocycles. The number of ether oxygens (including phenoxy) is 1. The van der Waals surface area contributed by atoms with Crippen LogP contribution in [0.25, 0.3) is 22.0 Å². The van der Waals surface area contributed by atoms with E-state index in [1.807, 2.05) is 37.4 Å². The molecule has 0 radical (unpaired) electrons. The Labute approximate surface area is 187 Å². The van der Waals surface area contributed by atoms with Crippen molar-refractivity contribution in [2.75, 3.05) is 12.3 Å². The second-order valence-electron chi connectivity index (χ2n) is 9.25. The van der Waals surface area contributed by atoms with Crippen molar-refractivity contribution in [2.45, 2.75) is 55.6 Å². The van der Waals surface area contributed by atoms with Gasteiger partial charge in [0.2, 0.25) is 0 Å². The van der Waals surface area contributed by atoms with Crippen LogP contribution in [0, 0.1) is 0 Å². The Bertz CT molecular complexity index is 1350. The van der Waals surface area contributed by atoms with Gasteiger partial charge in [-0.15, -0.1) is 0 Å². The number of hydrogen-bond acceptors (Lipinski definition) is 5. The molecule has 3 aromatic rings. The molecule has 5 rings (SSSR count). The highest BCUT2D eigenvalue weighted by atomic mass is 32.2. The van der Waals surface area contributed by atoms with Crippen molar-refractivity contribution in [3.05, 3.63) is 47.0 Å². The molecule has 32 heavy (non-hydrogen) atoms. The summed E-state index contributed by atoms with van der Waals surface area (Å²) in [6.45, 7) is 2.49. The van der Waals surface area contributed by atoms with Crippen molar-refractivity contribution >= 4 is 20.6 Å². The molecule has 2 aliphatic rings. The molecular weight excluding hydrogens is 426 g/mol. The topological polar surface area (TPSA) is 96.7 Å². The van der Waals surface area contributed by atoms with Crippen LogP contribution in [-0.4, -0.2) is 42.9 Å². The molecule has 2 N–H and O–H groups in total. The molecule has 0 amide bonds. The van der Waals surface area contributed by atoms with Gasteiger partial charge in [0, 0.05) is 53.1 Å². The van der Waals surface area contributed by atoms with Crippen molar-refractivity contribution in [1.29, 1.82) is 0 Å². The lowest BCUT2D eigenvalue weighted by Gasteiger charge is -2.33. The third-order valence-electron chi connectivity index (χ3n) is 6.69. The molecular formula is C24H29N3O4S. The molecule has 1 saturated carbocycles. The van der Waals surface area contributed by atoms with Gasteiger partial charge < -0.3 is 19.4 Å². The molecule has 1 atom stereocenters. The molecule has 0 bridgehead atoms. The Balaban J connectivity index is 1.64. The maximum absolute atomic E-state index is 13.4. The molecule has 7 nitrogen and oxygen atoms in total. The monoisotopic (exact) mass is 455 g/mol. The number of fused-ring (bicyclic) bond motifs is 1. The van der Waals surface area contributed by atoms with Gasteiger partial charge in [-0.05, 0) is 63.3 Å². The van der Waals surface area contributed by atoms with E-state index in [1.165, 1.54) is 0 Å². The molecule has 170 valence electrons. The van der Waals surface area contributed by atoms with Crippen LogP contribution in [0.2, 0.25) is 0 Å². The summed E-state index contributed by atoms with van der Waals surface area (Å²) in [6.07, 6.45) is 7.33. The van der Waals surface area contributed by atoms with E-state index in [0.717, 1.165) is 35.8 Å². The van der Waals surface area contributed by atoms with Crippen molar-refractivity contribution in [3.8, 4) is 16.9 Å². The summed E-state index contributed by atoms with van der Waals surface area (Å²) in [6, 6.07) is 7.57. The van der Waals surface area contributed by atoms with Crippen LogP contribution in [0.3, 0.4) is 0 Å². The van der Waals surface area contributed by atoms with Gasteiger partial charge >= 0.3 is 0 Å². The molecule has 1 fully saturated rings. The first-order valence-corrected chi connectivity index (χ1v) is 12.8. The first-order valence-electron chi connectivity index (χ1n) is 11.2. The fraction of sp³-hybridized carbons (Fsp3) is 0.458. The SMILES string of the molecule is Cn1cc(-c2cc(S3(=O)=NCCC3)ccc2OC2CCC(C)(O)CC2)c2cc[nH]c2c1=O. The van der Waals surface area contributed by atoms with Gasteiger partial charge in [-0.3, -0.25) is 4.79 Å². The number of rotatable bonds is 4. The van der Waals surface area contributed by atoms with E-state index in [-0.39, 0.29) is 11.7 Å². The Hall–Kier alpha value is -2.58. The van der Waals surface area contributed by atoms with Crippen LogP contribution in [0.1, 0.15) is 39.0 Å². The molecule has 3 heterocycles. The van der Waals surface area contributed by atoms with Gasteiger partial charge in [0.05, 0.1) is 21.4 Å². The molecule has 2 aromatic heterocycles. The van der Waals surface area contributed by atoms with E-state index in [1.54, 1.807) is 17.8 Å². The minimum atomic E-state index is -2.43. The van der Waals surface area contributed by atoms with Gasteiger partial charge in [-0.2, -0.15) is 0 Å². The van der Waals surface area contributed by atoms with Gasteiger partial charge in [-0.1, -0.05) is 0 Å². The number of hydrogen-bond donors (Lipinski definition) is 2. The molecule has 1 aliphatic carbocycles. The van der Waals surface area contributed by atoms with Gasteiger partial charge in [-0.25, -0.2) is 8.57 Å². The molecule has 0 saturated heterocycles. The third-order valence-corrected chi connectivity index (χ3v) is 9.12. The zero-order chi connectivity index (χ0) is 22.5. The number of aromatic amines is 1. The van der Waals surface area contributed by atoms with Gasteiger partial charge in [0.25, 0.3) is 5.56 Å². The summed E-state index contributed by atoms with van der Waals surface area (Å²) in [5.74, 6) is 1.26. The number of pyridine rings is 1. The number of aryl methyl sites for hydroxylation is 1. The Morgan fingerprint density at radius 3 is 2.75 bits per heavy atom. The lowest BCUT2D eigenvalue weighted by atomic mass is 9.85. The standard InChI is InChI=1S/C24H29N3O4S/c1-24(29)9-6-16(7-10-24)31-21-5-4-17(32(30)13-3-11-26-32)14-19(21)20-15-27(2)23(28)22-18(20)8-12-25-22/h4-5,8,12,14-16,25,29H,3,6-7,9-11,13H2,1-2H3. The molecule has 1 aliphatic heterocycles. The zero-order valence-corrected chi connectivity index (χ0v) is 19.3. The van der Waals surface area contributed by atoms with Crippen LogP contribution in [0.15, 0.2) is 50.7 Å². The largest absolute Gasteiger partial charge is 0.490 e. The average molecular weight is 456 g/mol.